The van der Waals surface area contributed by atoms with E-state index in [2.05, 4.69) is 43.2 Å². The van der Waals surface area contributed by atoms with Crippen LogP contribution < -0.4 is 5.32 Å². The molecule has 0 amide bonds. The minimum absolute atomic E-state index is 0.537. The number of nitrogens with one attached hydrogen (secondary N) is 1. The van der Waals surface area contributed by atoms with Crippen molar-refractivity contribution in [2.24, 2.45) is 5.92 Å². The van der Waals surface area contributed by atoms with Crippen molar-refractivity contribution >= 4 is 28.3 Å². The highest BCUT2D eigenvalue weighted by molar-refractivity contribution is 6.31. The molecule has 0 radical (unpaired) electrons. The summed E-state index contributed by atoms with van der Waals surface area (Å²) in [5, 5.41) is 5.11. The zero-order valence-corrected chi connectivity index (χ0v) is 14.4. The van der Waals surface area contributed by atoms with Gasteiger partial charge in [0, 0.05) is 22.5 Å². The number of anilines is 1. The van der Waals surface area contributed by atoms with Crippen LogP contribution in [0.5, 0.6) is 0 Å². The molecule has 0 fully saturated rings. The molecular formula is C19H20ClN3. The Labute approximate surface area is 141 Å². The number of halogens is 1. The van der Waals surface area contributed by atoms with E-state index in [1.165, 1.54) is 5.56 Å². The lowest BCUT2D eigenvalue weighted by atomic mass is 10.1. The molecule has 4 heteroatoms. The first-order valence-electron chi connectivity index (χ1n) is 7.81. The third-order valence-electron chi connectivity index (χ3n) is 3.65. The molecule has 1 heterocycles. The molecule has 0 saturated heterocycles. The van der Waals surface area contributed by atoms with Crippen LogP contribution in [0, 0.1) is 12.8 Å². The van der Waals surface area contributed by atoms with Crippen LogP contribution in [0.1, 0.15) is 19.4 Å². The average Bonchev–Trinajstić information content (AvgIpc) is 2.52. The highest BCUT2D eigenvalue weighted by atomic mass is 35.5. The third-order valence-corrected chi connectivity index (χ3v) is 3.88. The van der Waals surface area contributed by atoms with Gasteiger partial charge in [-0.15, -0.1) is 0 Å². The van der Waals surface area contributed by atoms with Crippen LogP contribution in [0.25, 0.3) is 22.3 Å². The summed E-state index contributed by atoms with van der Waals surface area (Å²) in [5.74, 6) is 2.11. The van der Waals surface area contributed by atoms with E-state index >= 15 is 0 Å². The lowest BCUT2D eigenvalue weighted by molar-refractivity contribution is 0.687. The van der Waals surface area contributed by atoms with Crippen LogP contribution in [-0.4, -0.2) is 16.5 Å². The van der Waals surface area contributed by atoms with Gasteiger partial charge in [-0.05, 0) is 31.0 Å². The Morgan fingerprint density at radius 2 is 1.78 bits per heavy atom. The molecule has 1 aromatic heterocycles. The van der Waals surface area contributed by atoms with Crippen molar-refractivity contribution in [2.45, 2.75) is 20.8 Å². The Hall–Kier alpha value is -2.13. The monoisotopic (exact) mass is 325 g/mol. The second-order valence-electron chi connectivity index (χ2n) is 6.20. The molecular weight excluding hydrogens is 306 g/mol. The Bertz CT molecular complexity index is 826. The Kier molecular flexibility index (Phi) is 4.49. The van der Waals surface area contributed by atoms with Crippen molar-refractivity contribution < 1.29 is 0 Å². The summed E-state index contributed by atoms with van der Waals surface area (Å²) < 4.78 is 0. The minimum atomic E-state index is 0.537. The van der Waals surface area contributed by atoms with Gasteiger partial charge in [0.2, 0.25) is 0 Å². The topological polar surface area (TPSA) is 37.8 Å². The van der Waals surface area contributed by atoms with E-state index in [1.807, 2.05) is 30.3 Å². The van der Waals surface area contributed by atoms with Crippen molar-refractivity contribution in [3.8, 4) is 11.4 Å². The molecule has 0 bridgehead atoms. The molecule has 3 nitrogen and oxygen atoms in total. The fraction of sp³-hybridized carbons (Fsp3) is 0.263. The highest BCUT2D eigenvalue weighted by Crippen LogP contribution is 2.27. The molecule has 23 heavy (non-hydrogen) atoms. The van der Waals surface area contributed by atoms with Gasteiger partial charge in [0.05, 0.1) is 5.52 Å². The van der Waals surface area contributed by atoms with E-state index in [9.17, 15) is 0 Å². The number of hydrogen-bond donors (Lipinski definition) is 1. The van der Waals surface area contributed by atoms with Gasteiger partial charge in [-0.25, -0.2) is 9.97 Å². The number of benzene rings is 2. The van der Waals surface area contributed by atoms with Gasteiger partial charge in [-0.1, -0.05) is 55.3 Å². The molecule has 0 saturated carbocycles. The predicted molar refractivity (Wildman–Crippen MR) is 98.0 cm³/mol. The number of aromatic nitrogens is 2. The lowest BCUT2D eigenvalue weighted by Gasteiger charge is -2.13. The van der Waals surface area contributed by atoms with Crippen LogP contribution in [0.15, 0.2) is 42.5 Å². The smallest absolute Gasteiger partial charge is 0.162 e. The van der Waals surface area contributed by atoms with E-state index in [4.69, 9.17) is 16.6 Å². The molecule has 1 N–H and O–H groups in total. The van der Waals surface area contributed by atoms with Gasteiger partial charge in [0.25, 0.3) is 0 Å². The van der Waals surface area contributed by atoms with Crippen molar-refractivity contribution in [1.29, 1.82) is 0 Å². The Morgan fingerprint density at radius 3 is 2.48 bits per heavy atom. The van der Waals surface area contributed by atoms with Gasteiger partial charge in [0.15, 0.2) is 5.82 Å². The summed E-state index contributed by atoms with van der Waals surface area (Å²) in [4.78, 5) is 9.43. The first kappa shape index (κ1) is 15.8. The Balaban J connectivity index is 2.12. The van der Waals surface area contributed by atoms with Gasteiger partial charge in [-0.2, -0.15) is 0 Å². The summed E-state index contributed by atoms with van der Waals surface area (Å²) in [6, 6.07) is 14.0. The number of rotatable bonds is 4. The molecule has 3 rings (SSSR count). The first-order valence-corrected chi connectivity index (χ1v) is 8.19. The molecule has 2 aromatic carbocycles. The van der Waals surface area contributed by atoms with Crippen LogP contribution >= 0.6 is 11.6 Å². The fourth-order valence-corrected chi connectivity index (χ4v) is 2.54. The molecule has 3 aromatic rings. The zero-order valence-electron chi connectivity index (χ0n) is 13.6. The van der Waals surface area contributed by atoms with E-state index in [1.54, 1.807) is 0 Å². The quantitative estimate of drug-likeness (QED) is 0.704. The van der Waals surface area contributed by atoms with Gasteiger partial charge in [-0.3, -0.25) is 0 Å². The van der Waals surface area contributed by atoms with E-state index in [-0.39, 0.29) is 0 Å². The maximum Gasteiger partial charge on any atom is 0.162 e. The Morgan fingerprint density at radius 1 is 1.04 bits per heavy atom. The zero-order chi connectivity index (χ0) is 16.4. The lowest BCUT2D eigenvalue weighted by Crippen LogP contribution is -2.10. The number of fused-ring (bicyclic) bond motifs is 1. The summed E-state index contributed by atoms with van der Waals surface area (Å²) in [6.45, 7) is 7.28. The van der Waals surface area contributed by atoms with Crippen LogP contribution in [0.4, 0.5) is 5.82 Å². The molecule has 0 aliphatic rings. The highest BCUT2D eigenvalue weighted by Gasteiger charge is 2.10. The summed E-state index contributed by atoms with van der Waals surface area (Å²) >= 11 is 6.14. The van der Waals surface area contributed by atoms with E-state index < -0.39 is 0 Å². The van der Waals surface area contributed by atoms with E-state index in [0.717, 1.165) is 28.8 Å². The van der Waals surface area contributed by atoms with Gasteiger partial charge in [0.1, 0.15) is 5.82 Å². The van der Waals surface area contributed by atoms with Gasteiger partial charge >= 0.3 is 0 Å². The van der Waals surface area contributed by atoms with Crippen molar-refractivity contribution in [3.05, 3.63) is 53.1 Å². The normalized spacial score (nSPS) is 11.2. The SMILES string of the molecule is Cc1ccc(-c2nc(NCC(C)C)c3ccc(Cl)cc3n2)cc1. The maximum atomic E-state index is 6.14. The number of nitrogens with zero attached hydrogens (tertiary/aromatic N) is 2. The second-order valence-corrected chi connectivity index (χ2v) is 6.63. The molecule has 0 unspecified atom stereocenters. The molecule has 0 spiro atoms. The van der Waals surface area contributed by atoms with Crippen molar-refractivity contribution in [1.82, 2.24) is 9.97 Å². The van der Waals surface area contributed by atoms with Crippen LogP contribution in [0.2, 0.25) is 5.02 Å². The van der Waals surface area contributed by atoms with Crippen molar-refractivity contribution in [2.75, 3.05) is 11.9 Å². The predicted octanol–water partition coefficient (Wildman–Crippen LogP) is 5.33. The van der Waals surface area contributed by atoms with Crippen molar-refractivity contribution in [3.63, 3.8) is 0 Å². The average molecular weight is 326 g/mol. The summed E-state index contributed by atoms with van der Waals surface area (Å²) in [5.41, 5.74) is 3.08. The number of aryl methyl sites for hydroxylation is 1. The molecule has 0 aliphatic heterocycles. The maximum absolute atomic E-state index is 6.14. The minimum Gasteiger partial charge on any atom is -0.369 e. The standard InChI is InChI=1S/C19H20ClN3/c1-12(2)11-21-19-16-9-8-15(20)10-17(16)22-18(23-19)14-6-4-13(3)5-7-14/h4-10,12H,11H2,1-3H3,(H,21,22,23). The second kappa shape index (κ2) is 6.55. The molecule has 0 aliphatic carbocycles. The third kappa shape index (κ3) is 3.62. The van der Waals surface area contributed by atoms with Gasteiger partial charge < -0.3 is 5.32 Å². The van der Waals surface area contributed by atoms with Crippen LogP contribution in [-0.2, 0) is 0 Å². The fourth-order valence-electron chi connectivity index (χ4n) is 2.37. The molecule has 0 atom stereocenters. The summed E-state index contributed by atoms with van der Waals surface area (Å²) in [7, 11) is 0. The largest absolute Gasteiger partial charge is 0.369 e. The first-order chi connectivity index (χ1) is 11.0. The summed E-state index contributed by atoms with van der Waals surface area (Å²) in [6.07, 6.45) is 0. The number of hydrogen-bond acceptors (Lipinski definition) is 3. The molecule has 118 valence electrons. The van der Waals surface area contributed by atoms with E-state index in [0.29, 0.717) is 16.8 Å². The van der Waals surface area contributed by atoms with Crippen LogP contribution in [0.3, 0.4) is 0 Å².